The van der Waals surface area contributed by atoms with Gasteiger partial charge in [0, 0.05) is 0 Å². The Hall–Kier alpha value is -1.82. The number of halogens is 1. The lowest BCUT2D eigenvalue weighted by Gasteiger charge is -2.29. The minimum Gasteiger partial charge on any atom is -0.309 e. The predicted molar refractivity (Wildman–Crippen MR) is 98.9 cm³/mol. The van der Waals surface area contributed by atoms with Gasteiger partial charge in [-0.05, 0) is 51.0 Å². The van der Waals surface area contributed by atoms with Crippen LogP contribution in [0.1, 0.15) is 24.0 Å². The number of aryl methyl sites for hydroxylation is 1. The summed E-state index contributed by atoms with van der Waals surface area (Å²) in [5.74, 6) is 0. The fourth-order valence-electron chi connectivity index (χ4n) is 2.76. The van der Waals surface area contributed by atoms with E-state index in [1.807, 2.05) is 24.3 Å². The molecule has 2 rings (SSSR count). The van der Waals surface area contributed by atoms with E-state index in [1.54, 1.807) is 0 Å². The quantitative estimate of drug-likeness (QED) is 0.750. The fraction of sp³-hybridized carbons (Fsp3) is 0.350. The van der Waals surface area contributed by atoms with Crippen molar-refractivity contribution >= 4 is 12.4 Å². The van der Waals surface area contributed by atoms with Gasteiger partial charge in [-0.15, -0.1) is 12.4 Å². The smallest absolute Gasteiger partial charge is 0.0837 e. The molecule has 0 bridgehead atoms. The first-order valence-corrected chi connectivity index (χ1v) is 7.82. The zero-order valence-corrected chi connectivity index (χ0v) is 14.7. The molecule has 0 saturated carbocycles. The van der Waals surface area contributed by atoms with Gasteiger partial charge in [0.1, 0.15) is 0 Å². The van der Waals surface area contributed by atoms with E-state index < -0.39 is 5.41 Å². The summed E-state index contributed by atoms with van der Waals surface area (Å²) >= 11 is 0. The first kappa shape index (κ1) is 19.2. The molecule has 0 aliphatic rings. The molecule has 1 unspecified atom stereocenters. The van der Waals surface area contributed by atoms with Gasteiger partial charge in [-0.3, -0.25) is 0 Å². The lowest BCUT2D eigenvalue weighted by molar-refractivity contribution is 0.342. The number of hydrogen-bond donors (Lipinski definition) is 0. The predicted octanol–water partition coefficient (Wildman–Crippen LogP) is 4.45. The van der Waals surface area contributed by atoms with Gasteiger partial charge in [-0.1, -0.05) is 60.7 Å². The van der Waals surface area contributed by atoms with Gasteiger partial charge in [0.2, 0.25) is 0 Å². The van der Waals surface area contributed by atoms with Crippen molar-refractivity contribution in [1.82, 2.24) is 4.90 Å². The van der Waals surface area contributed by atoms with Crippen LogP contribution in [0, 0.1) is 11.3 Å². The van der Waals surface area contributed by atoms with Crippen LogP contribution < -0.4 is 0 Å². The molecule has 0 aliphatic carbocycles. The van der Waals surface area contributed by atoms with Crippen molar-refractivity contribution in [2.24, 2.45) is 0 Å². The highest BCUT2D eigenvalue weighted by Crippen LogP contribution is 2.32. The van der Waals surface area contributed by atoms with Crippen molar-refractivity contribution in [3.8, 4) is 6.07 Å². The highest BCUT2D eigenvalue weighted by Gasteiger charge is 2.31. The van der Waals surface area contributed by atoms with Crippen LogP contribution in [-0.2, 0) is 11.8 Å². The van der Waals surface area contributed by atoms with Gasteiger partial charge < -0.3 is 4.90 Å². The van der Waals surface area contributed by atoms with Crippen molar-refractivity contribution in [1.29, 1.82) is 5.26 Å². The second-order valence-corrected chi connectivity index (χ2v) is 6.10. The second-order valence-electron chi connectivity index (χ2n) is 6.10. The summed E-state index contributed by atoms with van der Waals surface area (Å²) in [5.41, 5.74) is 2.01. The minimum atomic E-state index is -0.415. The highest BCUT2D eigenvalue weighted by atomic mass is 35.5. The van der Waals surface area contributed by atoms with Crippen LogP contribution >= 0.6 is 12.4 Å². The summed E-state index contributed by atoms with van der Waals surface area (Å²) in [4.78, 5) is 2.15. The maximum Gasteiger partial charge on any atom is 0.0837 e. The molecule has 2 aromatic rings. The maximum absolute atomic E-state index is 9.95. The third-order valence-electron chi connectivity index (χ3n) is 4.21. The summed E-state index contributed by atoms with van der Waals surface area (Å²) in [5, 5.41) is 9.95. The number of nitrogens with zero attached hydrogens (tertiary/aromatic N) is 2. The van der Waals surface area contributed by atoms with Crippen LogP contribution in [0.5, 0.6) is 0 Å². The summed E-state index contributed by atoms with van der Waals surface area (Å²) in [6, 6.07) is 23.3. The van der Waals surface area contributed by atoms with Crippen LogP contribution in [-0.4, -0.2) is 25.5 Å². The van der Waals surface area contributed by atoms with Crippen LogP contribution in [0.25, 0.3) is 0 Å². The largest absolute Gasteiger partial charge is 0.309 e. The molecule has 1 atom stereocenters. The fourth-order valence-corrected chi connectivity index (χ4v) is 2.76. The molecule has 122 valence electrons. The molecular weight excluding hydrogens is 304 g/mol. The Balaban J connectivity index is 0.00000264. The van der Waals surface area contributed by atoms with Crippen molar-refractivity contribution in [2.75, 3.05) is 20.6 Å². The molecule has 0 fully saturated rings. The van der Waals surface area contributed by atoms with E-state index in [0.29, 0.717) is 0 Å². The van der Waals surface area contributed by atoms with Gasteiger partial charge in [0.05, 0.1) is 11.5 Å². The Kier molecular flexibility index (Phi) is 7.81. The van der Waals surface area contributed by atoms with Crippen molar-refractivity contribution < 1.29 is 0 Å². The molecule has 23 heavy (non-hydrogen) atoms. The Bertz CT molecular complexity index is 605. The standard InChI is InChI=1S/C20H24N2.ClH/c1-22(2)16-15-20(17-21,19-11-7-4-8-12-19)14-13-18-9-5-3-6-10-18;/h3-12H,13-16H2,1-2H3;1H. The molecule has 0 spiro atoms. The number of nitriles is 1. The van der Waals surface area contributed by atoms with E-state index in [2.05, 4.69) is 61.5 Å². The molecule has 0 aromatic heterocycles. The molecule has 2 nitrogen and oxygen atoms in total. The number of benzene rings is 2. The van der Waals surface area contributed by atoms with Gasteiger partial charge in [0.25, 0.3) is 0 Å². The molecule has 0 amide bonds. The molecular formula is C20H25ClN2. The van der Waals surface area contributed by atoms with Gasteiger partial charge in [-0.2, -0.15) is 5.26 Å². The zero-order chi connectivity index (χ0) is 15.8. The molecule has 2 aromatic carbocycles. The van der Waals surface area contributed by atoms with Gasteiger partial charge >= 0.3 is 0 Å². The third-order valence-corrected chi connectivity index (χ3v) is 4.21. The van der Waals surface area contributed by atoms with Crippen LogP contribution in [0.4, 0.5) is 0 Å². The third kappa shape index (κ3) is 5.39. The Labute approximate surface area is 146 Å². The summed E-state index contributed by atoms with van der Waals surface area (Å²) < 4.78 is 0. The second kappa shape index (κ2) is 9.35. The number of rotatable bonds is 7. The highest BCUT2D eigenvalue weighted by molar-refractivity contribution is 5.85. The molecule has 3 heteroatoms. The maximum atomic E-state index is 9.95. The first-order valence-electron chi connectivity index (χ1n) is 7.82. The van der Waals surface area contributed by atoms with Crippen LogP contribution in [0.2, 0.25) is 0 Å². The number of hydrogen-bond acceptors (Lipinski definition) is 2. The lowest BCUT2D eigenvalue weighted by atomic mass is 9.74. The Morgan fingerprint density at radius 2 is 1.48 bits per heavy atom. The van der Waals surface area contributed by atoms with Gasteiger partial charge in [-0.25, -0.2) is 0 Å². The van der Waals surface area contributed by atoms with Crippen molar-refractivity contribution in [3.05, 3.63) is 71.8 Å². The van der Waals surface area contributed by atoms with Crippen LogP contribution in [0.3, 0.4) is 0 Å². The molecule has 0 saturated heterocycles. The summed E-state index contributed by atoms with van der Waals surface area (Å²) in [6.45, 7) is 0.914. The van der Waals surface area contributed by atoms with E-state index in [1.165, 1.54) is 5.56 Å². The van der Waals surface area contributed by atoms with E-state index in [4.69, 9.17) is 0 Å². The average Bonchev–Trinajstić information content (AvgIpc) is 2.57. The zero-order valence-electron chi connectivity index (χ0n) is 13.9. The van der Waals surface area contributed by atoms with Crippen LogP contribution in [0.15, 0.2) is 60.7 Å². The van der Waals surface area contributed by atoms with Crippen molar-refractivity contribution in [3.63, 3.8) is 0 Å². The van der Waals surface area contributed by atoms with E-state index in [-0.39, 0.29) is 12.4 Å². The molecule has 0 aliphatic heterocycles. The Morgan fingerprint density at radius 3 is 2.00 bits per heavy atom. The normalized spacial score (nSPS) is 13.0. The molecule has 0 heterocycles. The Morgan fingerprint density at radius 1 is 0.913 bits per heavy atom. The van der Waals surface area contributed by atoms with E-state index in [9.17, 15) is 5.26 Å². The lowest BCUT2D eigenvalue weighted by Crippen LogP contribution is -2.30. The molecule has 0 N–H and O–H groups in total. The average molecular weight is 329 g/mol. The minimum absolute atomic E-state index is 0. The van der Waals surface area contributed by atoms with Gasteiger partial charge in [0.15, 0.2) is 0 Å². The summed E-state index contributed by atoms with van der Waals surface area (Å²) in [7, 11) is 4.12. The molecule has 0 radical (unpaired) electrons. The van der Waals surface area contributed by atoms with Crippen molar-refractivity contribution in [2.45, 2.75) is 24.7 Å². The topological polar surface area (TPSA) is 27.0 Å². The van der Waals surface area contributed by atoms with E-state index >= 15 is 0 Å². The van der Waals surface area contributed by atoms with E-state index in [0.717, 1.165) is 31.4 Å². The first-order chi connectivity index (χ1) is 10.7. The SMILES string of the molecule is CN(C)CCC(C#N)(CCc1ccccc1)c1ccccc1.Cl. The summed E-state index contributed by atoms with van der Waals surface area (Å²) in [6.07, 6.45) is 2.63. The monoisotopic (exact) mass is 328 g/mol.